The van der Waals surface area contributed by atoms with Gasteiger partial charge >= 0.3 is 0 Å². The molecule has 0 atom stereocenters. The van der Waals surface area contributed by atoms with Gasteiger partial charge in [0.25, 0.3) is 0 Å². The first-order valence-electron chi connectivity index (χ1n) is 6.90. The Hall–Kier alpha value is -0.630. The van der Waals surface area contributed by atoms with Crippen LogP contribution in [0.15, 0.2) is 12.1 Å². The predicted octanol–water partition coefficient (Wildman–Crippen LogP) is 4.39. The summed E-state index contributed by atoms with van der Waals surface area (Å²) in [6.45, 7) is 2.17. The van der Waals surface area contributed by atoms with Crippen LogP contribution in [-0.4, -0.2) is 5.78 Å². The molecule has 1 aromatic heterocycles. The van der Waals surface area contributed by atoms with E-state index in [1.807, 2.05) is 11.3 Å². The maximum absolute atomic E-state index is 12.2. The molecule has 1 saturated carbocycles. The second-order valence-corrected chi connectivity index (χ2v) is 6.31. The number of hydrogen-bond donors (Lipinski definition) is 0. The second kappa shape index (κ2) is 6.34. The summed E-state index contributed by atoms with van der Waals surface area (Å²) in [4.78, 5) is 14.9. The number of carbonyl (C=O) groups excluding carboxylic acids is 1. The number of aryl methyl sites for hydroxylation is 1. The van der Waals surface area contributed by atoms with Crippen molar-refractivity contribution in [2.75, 3.05) is 0 Å². The molecule has 0 saturated heterocycles. The Morgan fingerprint density at radius 2 is 1.82 bits per heavy atom. The van der Waals surface area contributed by atoms with Gasteiger partial charge in [-0.1, -0.05) is 32.6 Å². The summed E-state index contributed by atoms with van der Waals surface area (Å²) < 4.78 is 0. The molecule has 0 N–H and O–H groups in total. The quantitative estimate of drug-likeness (QED) is 0.724. The Morgan fingerprint density at radius 1 is 1.18 bits per heavy atom. The second-order valence-electron chi connectivity index (χ2n) is 5.05. The zero-order valence-corrected chi connectivity index (χ0v) is 11.5. The van der Waals surface area contributed by atoms with E-state index in [1.54, 1.807) is 0 Å². The zero-order chi connectivity index (χ0) is 12.1. The van der Waals surface area contributed by atoms with Gasteiger partial charge in [-0.15, -0.1) is 11.3 Å². The molecule has 1 heterocycles. The van der Waals surface area contributed by atoms with E-state index in [0.717, 1.165) is 19.3 Å². The normalized spacial score (nSPS) is 17.9. The molecule has 0 amide bonds. The third-order valence-corrected chi connectivity index (χ3v) is 4.95. The highest BCUT2D eigenvalue weighted by Crippen LogP contribution is 2.26. The van der Waals surface area contributed by atoms with E-state index in [1.165, 1.54) is 35.4 Å². The van der Waals surface area contributed by atoms with Gasteiger partial charge in [0.2, 0.25) is 0 Å². The van der Waals surface area contributed by atoms with Crippen molar-refractivity contribution in [1.82, 2.24) is 0 Å². The van der Waals surface area contributed by atoms with Crippen molar-refractivity contribution in [2.24, 2.45) is 5.92 Å². The molecular weight excluding hydrogens is 228 g/mol. The molecule has 0 radical (unpaired) electrons. The molecule has 17 heavy (non-hydrogen) atoms. The first-order chi connectivity index (χ1) is 8.29. The maximum atomic E-state index is 12.2. The minimum Gasteiger partial charge on any atom is -0.299 e. The fourth-order valence-corrected chi connectivity index (χ4v) is 3.59. The predicted molar refractivity (Wildman–Crippen MR) is 73.6 cm³/mol. The van der Waals surface area contributed by atoms with E-state index in [-0.39, 0.29) is 0 Å². The molecule has 0 bridgehead atoms. The summed E-state index contributed by atoms with van der Waals surface area (Å²) in [6.07, 6.45) is 9.17. The van der Waals surface area contributed by atoms with Crippen LogP contribution >= 0.6 is 11.3 Å². The van der Waals surface area contributed by atoms with Gasteiger partial charge in [-0.3, -0.25) is 4.79 Å². The molecule has 94 valence electrons. The third-order valence-electron chi connectivity index (χ3n) is 3.72. The fraction of sp³-hybridized carbons (Fsp3) is 0.667. The van der Waals surface area contributed by atoms with Gasteiger partial charge in [-0.2, -0.15) is 0 Å². The average molecular weight is 250 g/mol. The highest BCUT2D eigenvalue weighted by molar-refractivity contribution is 7.12. The van der Waals surface area contributed by atoms with Gasteiger partial charge in [0.05, 0.1) is 0 Å². The molecule has 0 unspecified atom stereocenters. The topological polar surface area (TPSA) is 17.1 Å². The third kappa shape index (κ3) is 3.67. The van der Waals surface area contributed by atoms with Crippen molar-refractivity contribution in [2.45, 2.75) is 58.3 Å². The SMILES string of the molecule is CCc1ccc(CC(=O)C2CCCCCC2)s1. The molecule has 2 rings (SSSR count). The largest absolute Gasteiger partial charge is 0.299 e. The molecule has 1 aliphatic rings. The number of hydrogen-bond acceptors (Lipinski definition) is 2. The van der Waals surface area contributed by atoms with Crippen molar-refractivity contribution >= 4 is 17.1 Å². The highest BCUT2D eigenvalue weighted by Gasteiger charge is 2.20. The van der Waals surface area contributed by atoms with Crippen LogP contribution in [0.5, 0.6) is 0 Å². The molecule has 1 nitrogen and oxygen atoms in total. The Kier molecular flexibility index (Phi) is 4.78. The maximum Gasteiger partial charge on any atom is 0.141 e. The lowest BCUT2D eigenvalue weighted by Crippen LogP contribution is -2.15. The van der Waals surface area contributed by atoms with Crippen LogP contribution in [0.2, 0.25) is 0 Å². The lowest BCUT2D eigenvalue weighted by Gasteiger charge is -2.11. The summed E-state index contributed by atoms with van der Waals surface area (Å²) in [6, 6.07) is 4.30. The Morgan fingerprint density at radius 3 is 2.41 bits per heavy atom. The Bertz CT molecular complexity index is 359. The molecule has 0 aliphatic heterocycles. The first-order valence-corrected chi connectivity index (χ1v) is 7.71. The van der Waals surface area contributed by atoms with Gasteiger partial charge in [0.15, 0.2) is 0 Å². The van der Waals surface area contributed by atoms with E-state index < -0.39 is 0 Å². The lowest BCUT2D eigenvalue weighted by molar-refractivity contribution is -0.122. The summed E-state index contributed by atoms with van der Waals surface area (Å²) in [5.41, 5.74) is 0. The lowest BCUT2D eigenvalue weighted by atomic mass is 9.93. The molecule has 1 aromatic rings. The van der Waals surface area contributed by atoms with Gasteiger partial charge in [0, 0.05) is 22.1 Å². The number of Topliss-reactive ketones (excluding diaryl/α,β-unsaturated/α-hetero) is 1. The van der Waals surface area contributed by atoms with Crippen LogP contribution in [0, 0.1) is 5.92 Å². The number of ketones is 1. The van der Waals surface area contributed by atoms with Crippen molar-refractivity contribution in [3.63, 3.8) is 0 Å². The van der Waals surface area contributed by atoms with E-state index in [0.29, 0.717) is 18.1 Å². The molecule has 1 fully saturated rings. The Labute approximate surface area is 108 Å². The van der Waals surface area contributed by atoms with Crippen LogP contribution in [-0.2, 0) is 17.6 Å². The van der Waals surface area contributed by atoms with Crippen LogP contribution in [0.3, 0.4) is 0 Å². The standard InChI is InChI=1S/C15H22OS/c1-2-13-9-10-14(17-13)11-15(16)12-7-5-3-4-6-8-12/h9-10,12H,2-8,11H2,1H3. The van der Waals surface area contributed by atoms with E-state index in [4.69, 9.17) is 0 Å². The van der Waals surface area contributed by atoms with Crippen molar-refractivity contribution in [1.29, 1.82) is 0 Å². The van der Waals surface area contributed by atoms with Gasteiger partial charge in [-0.05, 0) is 31.4 Å². The summed E-state index contributed by atoms with van der Waals surface area (Å²) in [5.74, 6) is 0.834. The van der Waals surface area contributed by atoms with Crippen molar-refractivity contribution < 1.29 is 4.79 Å². The molecule has 0 spiro atoms. The van der Waals surface area contributed by atoms with Gasteiger partial charge in [0.1, 0.15) is 5.78 Å². The molecule has 1 aliphatic carbocycles. The summed E-state index contributed by atoms with van der Waals surface area (Å²) >= 11 is 1.81. The molecular formula is C15H22OS. The minimum absolute atomic E-state index is 0.352. The monoisotopic (exact) mass is 250 g/mol. The van der Waals surface area contributed by atoms with Gasteiger partial charge < -0.3 is 0 Å². The smallest absolute Gasteiger partial charge is 0.141 e. The summed E-state index contributed by atoms with van der Waals surface area (Å²) in [7, 11) is 0. The van der Waals surface area contributed by atoms with Crippen LogP contribution in [0.4, 0.5) is 0 Å². The van der Waals surface area contributed by atoms with E-state index >= 15 is 0 Å². The fourth-order valence-electron chi connectivity index (χ4n) is 2.62. The number of rotatable bonds is 4. The molecule has 0 aromatic carbocycles. The first kappa shape index (κ1) is 12.8. The summed E-state index contributed by atoms with van der Waals surface area (Å²) in [5, 5.41) is 0. The highest BCUT2D eigenvalue weighted by atomic mass is 32.1. The minimum atomic E-state index is 0.352. The number of thiophene rings is 1. The van der Waals surface area contributed by atoms with Crippen molar-refractivity contribution in [3.05, 3.63) is 21.9 Å². The van der Waals surface area contributed by atoms with Crippen LogP contribution in [0.1, 0.15) is 55.2 Å². The number of carbonyl (C=O) groups is 1. The molecule has 2 heteroatoms. The van der Waals surface area contributed by atoms with E-state index in [2.05, 4.69) is 19.1 Å². The van der Waals surface area contributed by atoms with Crippen LogP contribution < -0.4 is 0 Å². The average Bonchev–Trinajstić information content (AvgIpc) is 2.62. The zero-order valence-electron chi connectivity index (χ0n) is 10.7. The van der Waals surface area contributed by atoms with Gasteiger partial charge in [-0.25, -0.2) is 0 Å². The van der Waals surface area contributed by atoms with Crippen molar-refractivity contribution in [3.8, 4) is 0 Å². The van der Waals surface area contributed by atoms with E-state index in [9.17, 15) is 4.79 Å². The van der Waals surface area contributed by atoms with Crippen LogP contribution in [0.25, 0.3) is 0 Å². The Balaban J connectivity index is 1.90.